The van der Waals surface area contributed by atoms with Gasteiger partial charge in [0.2, 0.25) is 0 Å². The first kappa shape index (κ1) is 13.5. The average molecular weight is 339 g/mol. The summed E-state index contributed by atoms with van der Waals surface area (Å²) in [6.45, 7) is 3.13. The molecule has 2 aliphatic rings. The van der Waals surface area contributed by atoms with Crippen LogP contribution in [0.3, 0.4) is 0 Å². The molecule has 1 aliphatic carbocycles. The fraction of sp³-hybridized carbons (Fsp3) is 0.533. The Morgan fingerprint density at radius 2 is 2.11 bits per heavy atom. The molecule has 0 bridgehead atoms. The van der Waals surface area contributed by atoms with Gasteiger partial charge >= 0.3 is 0 Å². The molecule has 102 valence electrons. The van der Waals surface area contributed by atoms with Gasteiger partial charge in [0.15, 0.2) is 5.17 Å². The smallest absolute Gasteiger partial charge is 0.161 e. The van der Waals surface area contributed by atoms with Crippen LogP contribution in [-0.2, 0) is 0 Å². The predicted molar refractivity (Wildman–Crippen MR) is 88.2 cm³/mol. The van der Waals surface area contributed by atoms with E-state index in [4.69, 9.17) is 4.99 Å². The normalized spacial score (nSPS) is 21.5. The van der Waals surface area contributed by atoms with Gasteiger partial charge < -0.3 is 5.32 Å². The maximum absolute atomic E-state index is 4.78. The molecule has 1 spiro atoms. The largest absolute Gasteiger partial charge is 0.335 e. The number of rotatable bonds is 1. The third-order valence-electron chi connectivity index (χ3n) is 4.25. The molecule has 1 aliphatic heterocycles. The van der Waals surface area contributed by atoms with Crippen molar-refractivity contribution in [3.63, 3.8) is 0 Å². The first-order chi connectivity index (χ1) is 9.19. The van der Waals surface area contributed by atoms with E-state index in [0.29, 0.717) is 5.41 Å². The van der Waals surface area contributed by atoms with E-state index in [9.17, 15) is 0 Å². The first-order valence-corrected chi connectivity index (χ1v) is 8.66. The molecule has 1 N–H and O–H groups in total. The maximum atomic E-state index is 4.78. The van der Waals surface area contributed by atoms with Crippen LogP contribution < -0.4 is 5.32 Å². The standard InChI is InChI=1S/C15H19BrN2S/c1-11-12(16)5-4-6-13(11)18-14-17-9-15(10-19-14)7-2-3-8-15/h4-6H,2-3,7-10H2,1H3,(H,17,18). The molecule has 1 heterocycles. The molecule has 4 heteroatoms. The van der Waals surface area contributed by atoms with Crippen LogP contribution in [0.25, 0.3) is 0 Å². The SMILES string of the molecule is Cc1c(Br)cccc1NC1=NCC2(CCCC2)CS1. The Balaban J connectivity index is 1.71. The number of amidine groups is 1. The van der Waals surface area contributed by atoms with Crippen molar-refractivity contribution in [3.05, 3.63) is 28.2 Å². The van der Waals surface area contributed by atoms with Gasteiger partial charge in [0, 0.05) is 22.5 Å². The number of thioether (sulfide) groups is 1. The second-order valence-electron chi connectivity index (χ2n) is 5.65. The summed E-state index contributed by atoms with van der Waals surface area (Å²) in [7, 11) is 0. The van der Waals surface area contributed by atoms with E-state index >= 15 is 0 Å². The number of anilines is 1. The Kier molecular flexibility index (Phi) is 3.90. The van der Waals surface area contributed by atoms with Gasteiger partial charge in [0.1, 0.15) is 0 Å². The summed E-state index contributed by atoms with van der Waals surface area (Å²) in [6.07, 6.45) is 5.52. The number of nitrogens with zero attached hydrogens (tertiary/aromatic N) is 1. The zero-order valence-electron chi connectivity index (χ0n) is 11.2. The van der Waals surface area contributed by atoms with E-state index in [-0.39, 0.29) is 0 Å². The fourth-order valence-electron chi connectivity index (χ4n) is 2.91. The van der Waals surface area contributed by atoms with Crippen molar-refractivity contribution in [3.8, 4) is 0 Å². The maximum Gasteiger partial charge on any atom is 0.161 e. The predicted octanol–water partition coefficient (Wildman–Crippen LogP) is 4.83. The molecule has 1 fully saturated rings. The minimum Gasteiger partial charge on any atom is -0.335 e. The highest BCUT2D eigenvalue weighted by atomic mass is 79.9. The minimum absolute atomic E-state index is 0.516. The van der Waals surface area contributed by atoms with Gasteiger partial charge in [-0.2, -0.15) is 0 Å². The van der Waals surface area contributed by atoms with E-state index in [1.807, 2.05) is 11.8 Å². The Labute approximate surface area is 127 Å². The van der Waals surface area contributed by atoms with Crippen LogP contribution in [0.4, 0.5) is 5.69 Å². The van der Waals surface area contributed by atoms with E-state index in [1.54, 1.807) is 0 Å². The second kappa shape index (κ2) is 5.49. The summed E-state index contributed by atoms with van der Waals surface area (Å²) in [6, 6.07) is 6.25. The van der Waals surface area contributed by atoms with E-state index in [0.717, 1.165) is 21.9 Å². The third kappa shape index (κ3) is 2.84. The lowest BCUT2D eigenvalue weighted by atomic mass is 9.89. The van der Waals surface area contributed by atoms with Crippen LogP contribution in [0.1, 0.15) is 31.2 Å². The van der Waals surface area contributed by atoms with Crippen LogP contribution in [0, 0.1) is 12.3 Å². The van der Waals surface area contributed by atoms with Crippen molar-refractivity contribution in [1.29, 1.82) is 0 Å². The van der Waals surface area contributed by atoms with Crippen molar-refractivity contribution < 1.29 is 0 Å². The van der Waals surface area contributed by atoms with Gasteiger partial charge in [-0.05, 0) is 42.9 Å². The zero-order valence-corrected chi connectivity index (χ0v) is 13.6. The highest BCUT2D eigenvalue weighted by Gasteiger charge is 2.36. The van der Waals surface area contributed by atoms with E-state index in [2.05, 4.69) is 46.4 Å². The molecule has 1 aromatic rings. The lowest BCUT2D eigenvalue weighted by Gasteiger charge is -2.31. The van der Waals surface area contributed by atoms with E-state index < -0.39 is 0 Å². The number of aliphatic imine (C=N–C) groups is 1. The molecule has 0 unspecified atom stereocenters. The first-order valence-electron chi connectivity index (χ1n) is 6.88. The molecule has 1 saturated carbocycles. The number of hydrogen-bond donors (Lipinski definition) is 1. The quantitative estimate of drug-likeness (QED) is 0.792. The van der Waals surface area contributed by atoms with Crippen molar-refractivity contribution in [1.82, 2.24) is 0 Å². The Morgan fingerprint density at radius 3 is 2.79 bits per heavy atom. The lowest BCUT2D eigenvalue weighted by Crippen LogP contribution is -2.30. The molecule has 19 heavy (non-hydrogen) atoms. The number of halogens is 1. The zero-order chi connectivity index (χ0) is 13.3. The molecule has 3 rings (SSSR count). The van der Waals surface area contributed by atoms with Gasteiger partial charge in [-0.1, -0.05) is 46.6 Å². The van der Waals surface area contributed by atoms with Gasteiger partial charge in [-0.3, -0.25) is 4.99 Å². The Bertz CT molecular complexity index is 507. The summed E-state index contributed by atoms with van der Waals surface area (Å²) >= 11 is 5.47. The van der Waals surface area contributed by atoms with E-state index in [1.165, 1.54) is 37.0 Å². The topological polar surface area (TPSA) is 24.4 Å². The summed E-state index contributed by atoms with van der Waals surface area (Å²) in [4.78, 5) is 4.78. The lowest BCUT2D eigenvalue weighted by molar-refractivity contribution is 0.359. The summed E-state index contributed by atoms with van der Waals surface area (Å²) in [5.74, 6) is 1.23. The van der Waals surface area contributed by atoms with Gasteiger partial charge in [-0.25, -0.2) is 0 Å². The van der Waals surface area contributed by atoms with Gasteiger partial charge in [0.25, 0.3) is 0 Å². The summed E-state index contributed by atoms with van der Waals surface area (Å²) < 4.78 is 1.14. The molecule has 2 nitrogen and oxygen atoms in total. The molecular weight excluding hydrogens is 320 g/mol. The molecule has 0 saturated heterocycles. The van der Waals surface area contributed by atoms with Crippen LogP contribution in [-0.4, -0.2) is 17.5 Å². The number of benzene rings is 1. The highest BCUT2D eigenvalue weighted by Crippen LogP contribution is 2.43. The van der Waals surface area contributed by atoms with Crippen LogP contribution >= 0.6 is 27.7 Å². The highest BCUT2D eigenvalue weighted by molar-refractivity contribution is 9.10. The molecule has 0 atom stereocenters. The second-order valence-corrected chi connectivity index (χ2v) is 7.47. The number of nitrogens with one attached hydrogen (secondary N) is 1. The van der Waals surface area contributed by atoms with Crippen molar-refractivity contribution in [2.45, 2.75) is 32.6 Å². The fourth-order valence-corrected chi connectivity index (χ4v) is 4.44. The van der Waals surface area contributed by atoms with Gasteiger partial charge in [0.05, 0.1) is 0 Å². The third-order valence-corrected chi connectivity index (χ3v) is 6.37. The molecule has 0 radical (unpaired) electrons. The molecule has 0 amide bonds. The van der Waals surface area contributed by atoms with Crippen LogP contribution in [0.15, 0.2) is 27.7 Å². The molecular formula is C15H19BrN2S. The van der Waals surface area contributed by atoms with Crippen molar-refractivity contribution in [2.75, 3.05) is 17.6 Å². The van der Waals surface area contributed by atoms with Crippen LogP contribution in [0.5, 0.6) is 0 Å². The summed E-state index contributed by atoms with van der Waals surface area (Å²) in [5.41, 5.74) is 2.91. The molecule has 1 aromatic carbocycles. The van der Waals surface area contributed by atoms with Crippen LogP contribution in [0.2, 0.25) is 0 Å². The van der Waals surface area contributed by atoms with Gasteiger partial charge in [-0.15, -0.1) is 0 Å². The average Bonchev–Trinajstić information content (AvgIpc) is 2.86. The monoisotopic (exact) mass is 338 g/mol. The van der Waals surface area contributed by atoms with Crippen molar-refractivity contribution >= 4 is 38.5 Å². The molecule has 0 aromatic heterocycles. The number of hydrogen-bond acceptors (Lipinski definition) is 3. The van der Waals surface area contributed by atoms with Crippen molar-refractivity contribution in [2.24, 2.45) is 10.4 Å². The summed E-state index contributed by atoms with van der Waals surface area (Å²) in [5, 5.41) is 4.56. The Morgan fingerprint density at radius 1 is 1.32 bits per heavy atom. The minimum atomic E-state index is 0.516. The Hall–Kier alpha value is -0.480.